The molecule has 0 aromatic heterocycles. The van der Waals surface area contributed by atoms with Crippen LogP contribution in [-0.4, -0.2) is 39.3 Å². The number of hydrogen-bond acceptors (Lipinski definition) is 6. The van der Waals surface area contributed by atoms with E-state index >= 15 is 0 Å². The molecule has 0 aliphatic carbocycles. The van der Waals surface area contributed by atoms with Gasteiger partial charge in [-0.25, -0.2) is 13.1 Å². The maximum absolute atomic E-state index is 12.8. The number of hydrogen-bond donors (Lipinski definition) is 2. The maximum atomic E-state index is 12.8. The van der Waals surface area contributed by atoms with Gasteiger partial charge >= 0.3 is 0 Å². The Morgan fingerprint density at radius 2 is 1.84 bits per heavy atom. The molecule has 9 heteroatoms. The van der Waals surface area contributed by atoms with Gasteiger partial charge in [-0.2, -0.15) is 0 Å². The van der Waals surface area contributed by atoms with Gasteiger partial charge < -0.3 is 14.8 Å². The Morgan fingerprint density at radius 1 is 1.10 bits per heavy atom. The molecule has 0 radical (unpaired) electrons. The van der Waals surface area contributed by atoms with Gasteiger partial charge in [0.1, 0.15) is 0 Å². The first-order chi connectivity index (χ1) is 14.8. The summed E-state index contributed by atoms with van der Waals surface area (Å²) in [5.74, 6) is 1.22. The third-order valence-electron chi connectivity index (χ3n) is 4.65. The molecule has 1 aliphatic rings. The summed E-state index contributed by atoms with van der Waals surface area (Å²) in [6, 6.07) is 10.5. The molecule has 1 atom stereocenters. The lowest BCUT2D eigenvalue weighted by Crippen LogP contribution is -2.26. The fourth-order valence-corrected chi connectivity index (χ4v) is 5.37. The fourth-order valence-electron chi connectivity index (χ4n) is 3.26. The van der Waals surface area contributed by atoms with Crippen LogP contribution in [0.3, 0.4) is 0 Å². The van der Waals surface area contributed by atoms with E-state index in [0.29, 0.717) is 43.2 Å². The molecule has 0 saturated heterocycles. The SMILES string of the molecule is CCOc1ccc(CCNS(=O)(=O)c2ccc3c(c2)NC(=O)C[C@H](C)S3)cc1OCC. The van der Waals surface area contributed by atoms with Crippen molar-refractivity contribution in [3.05, 3.63) is 42.0 Å². The summed E-state index contributed by atoms with van der Waals surface area (Å²) in [6.07, 6.45) is 0.895. The molecule has 1 aliphatic heterocycles. The lowest BCUT2D eigenvalue weighted by atomic mass is 10.1. The van der Waals surface area contributed by atoms with Crippen molar-refractivity contribution in [2.75, 3.05) is 25.1 Å². The summed E-state index contributed by atoms with van der Waals surface area (Å²) in [5, 5.41) is 2.94. The largest absolute Gasteiger partial charge is 0.490 e. The fraction of sp³-hybridized carbons (Fsp3) is 0.409. The average Bonchev–Trinajstić information content (AvgIpc) is 2.85. The number of amides is 1. The Morgan fingerprint density at radius 3 is 2.58 bits per heavy atom. The highest BCUT2D eigenvalue weighted by Crippen LogP contribution is 2.36. The molecule has 0 bridgehead atoms. The molecule has 0 fully saturated rings. The first-order valence-corrected chi connectivity index (χ1v) is 12.7. The molecule has 2 aromatic rings. The van der Waals surface area contributed by atoms with E-state index in [-0.39, 0.29) is 22.6 Å². The van der Waals surface area contributed by atoms with E-state index in [1.165, 1.54) is 6.07 Å². The minimum Gasteiger partial charge on any atom is -0.490 e. The molecule has 7 nitrogen and oxygen atoms in total. The number of rotatable bonds is 9. The minimum absolute atomic E-state index is 0.109. The average molecular weight is 465 g/mol. The van der Waals surface area contributed by atoms with Crippen LogP contribution in [0.25, 0.3) is 0 Å². The zero-order valence-corrected chi connectivity index (χ0v) is 19.6. The van der Waals surface area contributed by atoms with Crippen LogP contribution in [0.1, 0.15) is 32.8 Å². The van der Waals surface area contributed by atoms with E-state index in [1.807, 2.05) is 39.0 Å². The van der Waals surface area contributed by atoms with Crippen LogP contribution in [0.4, 0.5) is 5.69 Å². The van der Waals surface area contributed by atoms with Crippen molar-refractivity contribution in [3.8, 4) is 11.5 Å². The van der Waals surface area contributed by atoms with Crippen LogP contribution in [0.5, 0.6) is 11.5 Å². The Kier molecular flexibility index (Phi) is 7.85. The Balaban J connectivity index is 1.68. The van der Waals surface area contributed by atoms with E-state index in [2.05, 4.69) is 10.0 Å². The van der Waals surface area contributed by atoms with E-state index in [0.717, 1.165) is 10.5 Å². The topological polar surface area (TPSA) is 93.7 Å². The van der Waals surface area contributed by atoms with E-state index in [4.69, 9.17) is 9.47 Å². The highest BCUT2D eigenvalue weighted by Gasteiger charge is 2.22. The van der Waals surface area contributed by atoms with Gasteiger partial charge in [-0.15, -0.1) is 11.8 Å². The number of nitrogens with one attached hydrogen (secondary N) is 2. The molecule has 168 valence electrons. The van der Waals surface area contributed by atoms with Crippen LogP contribution in [0, 0.1) is 0 Å². The third kappa shape index (κ3) is 6.15. The molecule has 0 spiro atoms. The molecular weight excluding hydrogens is 436 g/mol. The summed E-state index contributed by atoms with van der Waals surface area (Å²) >= 11 is 1.56. The predicted molar refractivity (Wildman–Crippen MR) is 123 cm³/mol. The van der Waals surface area contributed by atoms with Gasteiger partial charge in [-0.3, -0.25) is 4.79 Å². The van der Waals surface area contributed by atoms with Crippen LogP contribution >= 0.6 is 11.8 Å². The third-order valence-corrected chi connectivity index (χ3v) is 7.29. The summed E-state index contributed by atoms with van der Waals surface area (Å²) in [7, 11) is -3.71. The van der Waals surface area contributed by atoms with Gasteiger partial charge in [0.25, 0.3) is 0 Å². The van der Waals surface area contributed by atoms with Crippen molar-refractivity contribution >= 4 is 33.4 Å². The summed E-state index contributed by atoms with van der Waals surface area (Å²) in [4.78, 5) is 13.0. The van der Waals surface area contributed by atoms with Gasteiger partial charge in [0.05, 0.1) is 23.8 Å². The zero-order chi connectivity index (χ0) is 22.4. The highest BCUT2D eigenvalue weighted by molar-refractivity contribution is 8.00. The van der Waals surface area contributed by atoms with Gasteiger partial charge in [-0.1, -0.05) is 13.0 Å². The summed E-state index contributed by atoms with van der Waals surface area (Å²) in [5.41, 5.74) is 1.48. The van der Waals surface area contributed by atoms with Crippen molar-refractivity contribution in [1.29, 1.82) is 0 Å². The number of sulfonamides is 1. The lowest BCUT2D eigenvalue weighted by molar-refractivity contribution is -0.116. The van der Waals surface area contributed by atoms with E-state index in [9.17, 15) is 13.2 Å². The second-order valence-electron chi connectivity index (χ2n) is 7.13. The van der Waals surface area contributed by atoms with Gasteiger partial charge in [0, 0.05) is 23.1 Å². The first kappa shape index (κ1) is 23.4. The van der Waals surface area contributed by atoms with Crippen molar-refractivity contribution in [1.82, 2.24) is 4.72 Å². The van der Waals surface area contributed by atoms with Crippen LogP contribution in [-0.2, 0) is 21.2 Å². The van der Waals surface area contributed by atoms with E-state index in [1.54, 1.807) is 23.9 Å². The number of benzene rings is 2. The molecule has 2 aromatic carbocycles. The number of carbonyl (C=O) groups excluding carboxylic acids is 1. The van der Waals surface area contributed by atoms with Crippen molar-refractivity contribution < 1.29 is 22.7 Å². The molecule has 0 saturated carbocycles. The maximum Gasteiger partial charge on any atom is 0.240 e. The molecule has 3 rings (SSSR count). The van der Waals surface area contributed by atoms with Gasteiger partial charge in [0.2, 0.25) is 15.9 Å². The standard InChI is InChI=1S/C22H28N2O5S2/c1-4-28-19-8-6-16(13-20(19)29-5-2)10-11-23-31(26,27)17-7-9-21-18(14-17)24-22(25)12-15(3)30-21/h6-9,13-15,23H,4-5,10-12H2,1-3H3,(H,24,25)/t15-/m0/s1. The van der Waals surface area contributed by atoms with E-state index < -0.39 is 10.0 Å². The Hall–Kier alpha value is -2.23. The highest BCUT2D eigenvalue weighted by atomic mass is 32.2. The van der Waals surface area contributed by atoms with Crippen LogP contribution in [0.2, 0.25) is 0 Å². The van der Waals surface area contributed by atoms with Crippen molar-refractivity contribution in [2.45, 2.75) is 48.7 Å². The van der Waals surface area contributed by atoms with Crippen molar-refractivity contribution in [3.63, 3.8) is 0 Å². The van der Waals surface area contributed by atoms with Crippen LogP contribution in [0.15, 0.2) is 46.2 Å². The Labute approximate surface area is 188 Å². The quantitative estimate of drug-likeness (QED) is 0.586. The van der Waals surface area contributed by atoms with Gasteiger partial charge in [0.15, 0.2) is 11.5 Å². The molecule has 1 amide bonds. The molecule has 0 unspecified atom stereocenters. The summed E-state index contributed by atoms with van der Waals surface area (Å²) < 4.78 is 39.4. The number of carbonyl (C=O) groups is 1. The smallest absolute Gasteiger partial charge is 0.240 e. The molecule has 1 heterocycles. The zero-order valence-electron chi connectivity index (χ0n) is 17.9. The second kappa shape index (κ2) is 10.4. The number of ether oxygens (including phenoxy) is 2. The second-order valence-corrected chi connectivity index (χ2v) is 10.4. The minimum atomic E-state index is -3.71. The molecule has 31 heavy (non-hydrogen) atoms. The number of fused-ring (bicyclic) bond motifs is 1. The number of anilines is 1. The monoisotopic (exact) mass is 464 g/mol. The van der Waals surface area contributed by atoms with Gasteiger partial charge in [-0.05, 0) is 56.2 Å². The van der Waals surface area contributed by atoms with Crippen LogP contribution < -0.4 is 19.5 Å². The Bertz CT molecular complexity index is 1040. The predicted octanol–water partition coefficient (Wildman–Crippen LogP) is 3.83. The molecule has 2 N–H and O–H groups in total. The van der Waals surface area contributed by atoms with Crippen molar-refractivity contribution in [2.24, 2.45) is 0 Å². The first-order valence-electron chi connectivity index (χ1n) is 10.3. The summed E-state index contributed by atoms with van der Waals surface area (Å²) in [6.45, 7) is 7.07. The number of thioether (sulfide) groups is 1. The lowest BCUT2D eigenvalue weighted by Gasteiger charge is -2.13. The molecular formula is C22H28N2O5S2. The normalized spacial score (nSPS) is 16.2.